The number of hydrogen-bond donors (Lipinski definition) is 0. The van der Waals surface area contributed by atoms with Crippen LogP contribution in [0.3, 0.4) is 0 Å². The summed E-state index contributed by atoms with van der Waals surface area (Å²) in [6.45, 7) is 10.5. The zero-order valence-electron chi connectivity index (χ0n) is 13.8. The van der Waals surface area contributed by atoms with Gasteiger partial charge >= 0.3 is 0 Å². The smallest absolute Gasteiger partial charge is 0.177 e. The molecule has 0 N–H and O–H groups in total. The van der Waals surface area contributed by atoms with Gasteiger partial charge in [0.1, 0.15) is 5.75 Å². The van der Waals surface area contributed by atoms with E-state index in [-0.39, 0.29) is 5.78 Å². The van der Waals surface area contributed by atoms with Crippen molar-refractivity contribution in [1.82, 2.24) is 9.80 Å². The third-order valence-electron chi connectivity index (χ3n) is 4.49. The van der Waals surface area contributed by atoms with E-state index in [2.05, 4.69) is 16.8 Å². The standard InChI is InChI=1S/C17H26N2O2/c1-12-10-15(13(2)14(3)17(12)21-5)16(20)11-19-8-6-18(4)7-9-19/h10H,6-9,11H2,1-5H3. The zero-order valence-corrected chi connectivity index (χ0v) is 13.8. The lowest BCUT2D eigenvalue weighted by molar-refractivity contribution is 0.0875. The summed E-state index contributed by atoms with van der Waals surface area (Å²) in [6.07, 6.45) is 0. The van der Waals surface area contributed by atoms with Crippen molar-refractivity contribution in [3.8, 4) is 5.75 Å². The number of ketones is 1. The fourth-order valence-electron chi connectivity index (χ4n) is 2.96. The van der Waals surface area contributed by atoms with Crippen LogP contribution in [0.1, 0.15) is 27.0 Å². The van der Waals surface area contributed by atoms with Crippen molar-refractivity contribution in [2.45, 2.75) is 20.8 Å². The molecule has 0 amide bonds. The van der Waals surface area contributed by atoms with Crippen LogP contribution in [-0.2, 0) is 0 Å². The van der Waals surface area contributed by atoms with Gasteiger partial charge in [0.05, 0.1) is 13.7 Å². The molecule has 0 atom stereocenters. The summed E-state index contributed by atoms with van der Waals surface area (Å²) in [7, 11) is 3.81. The Labute approximate surface area is 127 Å². The average molecular weight is 290 g/mol. The van der Waals surface area contributed by atoms with Crippen LogP contribution in [0.2, 0.25) is 0 Å². The van der Waals surface area contributed by atoms with E-state index in [1.807, 2.05) is 26.8 Å². The van der Waals surface area contributed by atoms with Crippen LogP contribution in [0.15, 0.2) is 6.07 Å². The van der Waals surface area contributed by atoms with Gasteiger partial charge in [0.2, 0.25) is 0 Å². The molecule has 2 rings (SSSR count). The predicted octanol–water partition coefficient (Wildman–Crippen LogP) is 2.05. The van der Waals surface area contributed by atoms with Crippen molar-refractivity contribution in [1.29, 1.82) is 0 Å². The molecule has 1 aliphatic heterocycles. The summed E-state index contributed by atoms with van der Waals surface area (Å²) in [5.74, 6) is 1.11. The van der Waals surface area contributed by atoms with E-state index in [0.717, 1.165) is 54.2 Å². The quantitative estimate of drug-likeness (QED) is 0.795. The van der Waals surface area contributed by atoms with E-state index in [0.29, 0.717) is 6.54 Å². The van der Waals surface area contributed by atoms with Gasteiger partial charge in [-0.25, -0.2) is 0 Å². The third-order valence-corrected chi connectivity index (χ3v) is 4.49. The summed E-state index contributed by atoms with van der Waals surface area (Å²) in [4.78, 5) is 17.2. The Morgan fingerprint density at radius 3 is 2.33 bits per heavy atom. The maximum absolute atomic E-state index is 12.6. The maximum Gasteiger partial charge on any atom is 0.177 e. The summed E-state index contributed by atoms with van der Waals surface area (Å²) in [5.41, 5.74) is 3.97. The average Bonchev–Trinajstić information content (AvgIpc) is 2.46. The molecule has 0 unspecified atom stereocenters. The fourth-order valence-corrected chi connectivity index (χ4v) is 2.96. The first-order chi connectivity index (χ1) is 9.93. The van der Waals surface area contributed by atoms with Gasteiger partial charge in [-0.3, -0.25) is 9.69 Å². The number of carbonyl (C=O) groups is 1. The first-order valence-electron chi connectivity index (χ1n) is 7.53. The molecule has 4 nitrogen and oxygen atoms in total. The summed E-state index contributed by atoms with van der Waals surface area (Å²) in [5, 5.41) is 0. The SMILES string of the molecule is COc1c(C)cc(C(=O)CN2CCN(C)CC2)c(C)c1C. The number of nitrogens with zero attached hydrogens (tertiary/aromatic N) is 2. The van der Waals surface area contributed by atoms with E-state index in [1.165, 1.54) is 0 Å². The lowest BCUT2D eigenvalue weighted by Crippen LogP contribution is -2.46. The van der Waals surface area contributed by atoms with Crippen LogP contribution in [0.4, 0.5) is 0 Å². The third kappa shape index (κ3) is 3.44. The Morgan fingerprint density at radius 2 is 1.76 bits per heavy atom. The zero-order chi connectivity index (χ0) is 15.6. The number of carbonyl (C=O) groups excluding carboxylic acids is 1. The predicted molar refractivity (Wildman–Crippen MR) is 85.5 cm³/mol. The van der Waals surface area contributed by atoms with Crippen LogP contribution in [-0.4, -0.2) is 62.5 Å². The monoisotopic (exact) mass is 290 g/mol. The maximum atomic E-state index is 12.6. The number of piperazine rings is 1. The second-order valence-corrected chi connectivity index (χ2v) is 6.03. The molecule has 21 heavy (non-hydrogen) atoms. The molecule has 0 saturated carbocycles. The largest absolute Gasteiger partial charge is 0.496 e. The lowest BCUT2D eigenvalue weighted by atomic mass is 9.95. The molecule has 0 aromatic heterocycles. The van der Waals surface area contributed by atoms with Crippen molar-refractivity contribution in [2.24, 2.45) is 0 Å². The van der Waals surface area contributed by atoms with Gasteiger partial charge in [-0.2, -0.15) is 0 Å². The molecule has 1 saturated heterocycles. The first kappa shape index (κ1) is 16.0. The molecule has 0 spiro atoms. The summed E-state index contributed by atoms with van der Waals surface area (Å²) in [6, 6.07) is 1.97. The molecule has 0 aliphatic carbocycles. The van der Waals surface area contributed by atoms with Gasteiger partial charge in [-0.1, -0.05) is 0 Å². The molecule has 116 valence electrons. The van der Waals surface area contributed by atoms with Crippen LogP contribution < -0.4 is 4.74 Å². The van der Waals surface area contributed by atoms with Crippen molar-refractivity contribution in [3.05, 3.63) is 28.3 Å². The molecule has 1 aromatic rings. The fraction of sp³-hybridized carbons (Fsp3) is 0.588. The molecule has 0 bridgehead atoms. The Hall–Kier alpha value is -1.39. The first-order valence-corrected chi connectivity index (χ1v) is 7.53. The van der Waals surface area contributed by atoms with E-state index in [1.54, 1.807) is 7.11 Å². The highest BCUT2D eigenvalue weighted by Gasteiger charge is 2.20. The number of likely N-dealkylation sites (N-methyl/N-ethyl adjacent to an activating group) is 1. The second kappa shape index (κ2) is 6.58. The number of ether oxygens (including phenoxy) is 1. The minimum absolute atomic E-state index is 0.214. The van der Waals surface area contributed by atoms with E-state index in [4.69, 9.17) is 4.74 Å². The Kier molecular flexibility index (Phi) is 5.01. The van der Waals surface area contributed by atoms with Gasteiger partial charge in [0, 0.05) is 31.7 Å². The van der Waals surface area contributed by atoms with Crippen molar-refractivity contribution in [2.75, 3.05) is 46.9 Å². The number of Topliss-reactive ketones (excluding diaryl/α,β-unsaturated/α-hetero) is 1. The normalized spacial score (nSPS) is 17.0. The molecule has 0 radical (unpaired) electrons. The van der Waals surface area contributed by atoms with E-state index in [9.17, 15) is 4.79 Å². The van der Waals surface area contributed by atoms with E-state index >= 15 is 0 Å². The van der Waals surface area contributed by atoms with Crippen molar-refractivity contribution < 1.29 is 9.53 Å². The molecule has 1 aliphatic rings. The molecular formula is C17H26N2O2. The number of benzene rings is 1. The van der Waals surface area contributed by atoms with E-state index < -0.39 is 0 Å². The van der Waals surface area contributed by atoms with Crippen molar-refractivity contribution in [3.63, 3.8) is 0 Å². The minimum atomic E-state index is 0.214. The molecule has 1 fully saturated rings. The van der Waals surface area contributed by atoms with Crippen LogP contribution in [0.25, 0.3) is 0 Å². The number of aryl methyl sites for hydroxylation is 1. The second-order valence-electron chi connectivity index (χ2n) is 6.03. The van der Waals surface area contributed by atoms with Gasteiger partial charge in [0.15, 0.2) is 5.78 Å². The number of hydrogen-bond acceptors (Lipinski definition) is 4. The Balaban J connectivity index is 2.16. The number of rotatable bonds is 4. The highest BCUT2D eigenvalue weighted by molar-refractivity contribution is 5.99. The van der Waals surface area contributed by atoms with Crippen molar-refractivity contribution >= 4 is 5.78 Å². The molecule has 1 aromatic carbocycles. The van der Waals surface area contributed by atoms with Gasteiger partial charge in [-0.05, 0) is 50.6 Å². The van der Waals surface area contributed by atoms with Gasteiger partial charge < -0.3 is 9.64 Å². The summed E-state index contributed by atoms with van der Waals surface area (Å²) >= 11 is 0. The highest BCUT2D eigenvalue weighted by Crippen LogP contribution is 2.28. The van der Waals surface area contributed by atoms with Crippen LogP contribution >= 0.6 is 0 Å². The van der Waals surface area contributed by atoms with Gasteiger partial charge in [-0.15, -0.1) is 0 Å². The molecule has 1 heterocycles. The molecular weight excluding hydrogens is 264 g/mol. The highest BCUT2D eigenvalue weighted by atomic mass is 16.5. The topological polar surface area (TPSA) is 32.8 Å². The van der Waals surface area contributed by atoms with Crippen LogP contribution in [0.5, 0.6) is 5.75 Å². The number of methoxy groups -OCH3 is 1. The summed E-state index contributed by atoms with van der Waals surface area (Å²) < 4.78 is 5.43. The lowest BCUT2D eigenvalue weighted by Gasteiger charge is -2.32. The van der Waals surface area contributed by atoms with Crippen LogP contribution in [0, 0.1) is 20.8 Å². The Bertz CT molecular complexity index is 532. The van der Waals surface area contributed by atoms with Gasteiger partial charge in [0.25, 0.3) is 0 Å². The molecule has 4 heteroatoms. The minimum Gasteiger partial charge on any atom is -0.496 e. The Morgan fingerprint density at radius 1 is 1.14 bits per heavy atom.